The number of rotatable bonds is 6. The third kappa shape index (κ3) is 7.94. The van der Waals surface area contributed by atoms with Crippen LogP contribution in [0.3, 0.4) is 0 Å². The average molecular weight is 484 g/mol. The lowest BCUT2D eigenvalue weighted by atomic mass is 10.1. The van der Waals surface area contributed by atoms with E-state index in [4.69, 9.17) is 0 Å². The Morgan fingerprint density at radius 1 is 1.07 bits per heavy atom. The summed E-state index contributed by atoms with van der Waals surface area (Å²) < 4.78 is 13.7. The van der Waals surface area contributed by atoms with Gasteiger partial charge < -0.3 is 15.5 Å². The van der Waals surface area contributed by atoms with Crippen molar-refractivity contribution in [2.75, 3.05) is 20.6 Å². The number of hydrogen-bond donors (Lipinski definition) is 2. The zero-order chi connectivity index (χ0) is 18.9. The Morgan fingerprint density at radius 3 is 2.41 bits per heavy atom. The number of halogens is 2. The SMILES string of the molecule is Cc1ccc(CN=C(NCC(=O)N(C)C)NCc2ccccc2)cc1F.I. The fraction of sp³-hybridized carbons (Fsp3) is 0.300. The molecule has 0 saturated carbocycles. The van der Waals surface area contributed by atoms with E-state index in [2.05, 4.69) is 15.6 Å². The van der Waals surface area contributed by atoms with Crippen molar-refractivity contribution in [3.63, 3.8) is 0 Å². The maximum Gasteiger partial charge on any atom is 0.241 e. The van der Waals surface area contributed by atoms with E-state index in [0.29, 0.717) is 24.6 Å². The Bertz CT molecular complexity index is 766. The summed E-state index contributed by atoms with van der Waals surface area (Å²) in [6.45, 7) is 2.75. The summed E-state index contributed by atoms with van der Waals surface area (Å²) >= 11 is 0. The Morgan fingerprint density at radius 2 is 1.78 bits per heavy atom. The molecule has 0 aliphatic heterocycles. The molecule has 0 bridgehead atoms. The second kappa shape index (κ2) is 11.5. The van der Waals surface area contributed by atoms with Gasteiger partial charge in [0.25, 0.3) is 0 Å². The number of nitrogens with one attached hydrogen (secondary N) is 2. The highest BCUT2D eigenvalue weighted by molar-refractivity contribution is 14.0. The number of aryl methyl sites for hydroxylation is 1. The van der Waals surface area contributed by atoms with Gasteiger partial charge in [-0.3, -0.25) is 4.79 Å². The van der Waals surface area contributed by atoms with E-state index in [0.717, 1.165) is 11.1 Å². The molecule has 1 amide bonds. The predicted molar refractivity (Wildman–Crippen MR) is 118 cm³/mol. The number of carbonyl (C=O) groups is 1. The summed E-state index contributed by atoms with van der Waals surface area (Å²) in [6, 6.07) is 15.0. The van der Waals surface area contributed by atoms with Crippen molar-refractivity contribution in [1.29, 1.82) is 0 Å². The molecule has 0 unspecified atom stereocenters. The number of carbonyl (C=O) groups excluding carboxylic acids is 1. The van der Waals surface area contributed by atoms with Gasteiger partial charge in [-0.25, -0.2) is 9.38 Å². The molecular weight excluding hydrogens is 458 g/mol. The summed E-state index contributed by atoms with van der Waals surface area (Å²) in [6.07, 6.45) is 0. The lowest BCUT2D eigenvalue weighted by molar-refractivity contribution is -0.127. The minimum atomic E-state index is -0.243. The zero-order valence-electron chi connectivity index (χ0n) is 15.8. The van der Waals surface area contributed by atoms with Gasteiger partial charge in [-0.05, 0) is 29.7 Å². The molecule has 7 heteroatoms. The van der Waals surface area contributed by atoms with E-state index >= 15 is 0 Å². The number of aliphatic imine (C=N–C) groups is 1. The minimum absolute atomic E-state index is 0. The molecule has 0 radical (unpaired) electrons. The van der Waals surface area contributed by atoms with Crippen LogP contribution in [0.5, 0.6) is 0 Å². The van der Waals surface area contributed by atoms with Crippen LogP contribution in [0.25, 0.3) is 0 Å². The van der Waals surface area contributed by atoms with Gasteiger partial charge in [-0.2, -0.15) is 0 Å². The maximum absolute atomic E-state index is 13.7. The van der Waals surface area contributed by atoms with Gasteiger partial charge in [0.05, 0.1) is 13.1 Å². The van der Waals surface area contributed by atoms with Crippen molar-refractivity contribution >= 4 is 35.8 Å². The molecule has 146 valence electrons. The number of amides is 1. The van der Waals surface area contributed by atoms with Crippen molar-refractivity contribution in [2.45, 2.75) is 20.0 Å². The molecule has 5 nitrogen and oxygen atoms in total. The van der Waals surface area contributed by atoms with Crippen LogP contribution in [0.4, 0.5) is 4.39 Å². The Kier molecular flexibility index (Phi) is 9.77. The Balaban J connectivity index is 0.00000364. The molecule has 0 saturated heterocycles. The molecule has 0 aromatic heterocycles. The van der Waals surface area contributed by atoms with Crippen LogP contribution in [-0.4, -0.2) is 37.4 Å². The molecule has 2 aromatic carbocycles. The number of benzene rings is 2. The first-order chi connectivity index (χ1) is 12.5. The van der Waals surface area contributed by atoms with Crippen LogP contribution in [-0.2, 0) is 17.9 Å². The summed E-state index contributed by atoms with van der Waals surface area (Å²) in [7, 11) is 3.40. The van der Waals surface area contributed by atoms with Gasteiger partial charge in [0.1, 0.15) is 5.82 Å². The smallest absolute Gasteiger partial charge is 0.241 e. The normalized spacial score (nSPS) is 10.7. The first-order valence-corrected chi connectivity index (χ1v) is 8.47. The molecule has 0 spiro atoms. The van der Waals surface area contributed by atoms with E-state index in [9.17, 15) is 9.18 Å². The summed E-state index contributed by atoms with van der Waals surface area (Å²) in [5.74, 6) is 0.206. The first-order valence-electron chi connectivity index (χ1n) is 8.47. The van der Waals surface area contributed by atoms with Gasteiger partial charge in [0.15, 0.2) is 5.96 Å². The quantitative estimate of drug-likeness (QED) is 0.377. The largest absolute Gasteiger partial charge is 0.352 e. The van der Waals surface area contributed by atoms with E-state index in [-0.39, 0.29) is 42.2 Å². The highest BCUT2D eigenvalue weighted by Crippen LogP contribution is 2.10. The van der Waals surface area contributed by atoms with Crippen LogP contribution in [0.2, 0.25) is 0 Å². The van der Waals surface area contributed by atoms with Gasteiger partial charge in [0, 0.05) is 20.6 Å². The minimum Gasteiger partial charge on any atom is -0.352 e. The molecule has 0 aliphatic rings. The standard InChI is InChI=1S/C20H25FN4O.HI/c1-15-9-10-17(11-18(15)21)13-23-20(24-14-19(26)25(2)3)22-12-16-7-5-4-6-8-16;/h4-11H,12-14H2,1-3H3,(H2,22,23,24);1H. The number of likely N-dealkylation sites (N-methyl/N-ethyl adjacent to an activating group) is 1. The van der Waals surface area contributed by atoms with Crippen LogP contribution in [0.1, 0.15) is 16.7 Å². The van der Waals surface area contributed by atoms with Gasteiger partial charge in [-0.1, -0.05) is 42.5 Å². The second-order valence-corrected chi connectivity index (χ2v) is 6.23. The van der Waals surface area contributed by atoms with Crippen LogP contribution >= 0.6 is 24.0 Å². The third-order valence-electron chi connectivity index (χ3n) is 3.86. The van der Waals surface area contributed by atoms with Gasteiger partial charge in [0.2, 0.25) is 5.91 Å². The molecule has 27 heavy (non-hydrogen) atoms. The number of nitrogens with zero attached hydrogens (tertiary/aromatic N) is 2. The number of hydrogen-bond acceptors (Lipinski definition) is 2. The van der Waals surface area contributed by atoms with Crippen LogP contribution in [0.15, 0.2) is 53.5 Å². The van der Waals surface area contributed by atoms with Gasteiger partial charge in [-0.15, -0.1) is 24.0 Å². The molecular formula is C20H26FIN4O. The molecule has 0 atom stereocenters. The van der Waals surface area contributed by atoms with Crippen LogP contribution in [0, 0.1) is 12.7 Å². The Labute approximate surface area is 177 Å². The summed E-state index contributed by atoms with van der Waals surface area (Å²) in [4.78, 5) is 17.8. The Hall–Kier alpha value is -2.16. The summed E-state index contributed by atoms with van der Waals surface area (Å²) in [5.41, 5.74) is 2.48. The van der Waals surface area contributed by atoms with E-state index in [1.165, 1.54) is 11.0 Å². The van der Waals surface area contributed by atoms with E-state index in [1.807, 2.05) is 36.4 Å². The highest BCUT2D eigenvalue weighted by Gasteiger charge is 2.06. The predicted octanol–water partition coefficient (Wildman–Crippen LogP) is 3.08. The molecule has 0 heterocycles. The van der Waals surface area contributed by atoms with E-state index in [1.54, 1.807) is 27.1 Å². The lowest BCUT2D eigenvalue weighted by Gasteiger charge is -2.15. The maximum atomic E-state index is 13.7. The third-order valence-corrected chi connectivity index (χ3v) is 3.86. The van der Waals surface area contributed by atoms with Crippen LogP contribution < -0.4 is 10.6 Å². The zero-order valence-corrected chi connectivity index (χ0v) is 18.2. The van der Waals surface area contributed by atoms with Gasteiger partial charge >= 0.3 is 0 Å². The monoisotopic (exact) mass is 484 g/mol. The molecule has 2 rings (SSSR count). The fourth-order valence-electron chi connectivity index (χ4n) is 2.18. The van der Waals surface area contributed by atoms with Crippen molar-refractivity contribution in [1.82, 2.24) is 15.5 Å². The van der Waals surface area contributed by atoms with Crippen molar-refractivity contribution in [3.05, 3.63) is 71.0 Å². The molecule has 2 aromatic rings. The highest BCUT2D eigenvalue weighted by atomic mass is 127. The average Bonchev–Trinajstić information content (AvgIpc) is 2.64. The van der Waals surface area contributed by atoms with E-state index < -0.39 is 0 Å². The fourth-order valence-corrected chi connectivity index (χ4v) is 2.18. The molecule has 0 fully saturated rings. The first kappa shape index (κ1) is 22.9. The van der Waals surface area contributed by atoms with Crippen molar-refractivity contribution < 1.29 is 9.18 Å². The number of guanidine groups is 1. The topological polar surface area (TPSA) is 56.7 Å². The molecule has 0 aliphatic carbocycles. The van der Waals surface area contributed by atoms with Crippen molar-refractivity contribution in [3.8, 4) is 0 Å². The van der Waals surface area contributed by atoms with Crippen molar-refractivity contribution in [2.24, 2.45) is 4.99 Å². The molecule has 2 N–H and O–H groups in total. The lowest BCUT2D eigenvalue weighted by Crippen LogP contribution is -2.42. The summed E-state index contributed by atoms with van der Waals surface area (Å²) in [5, 5.41) is 6.22. The second-order valence-electron chi connectivity index (χ2n) is 6.23.